The molecule has 0 saturated carbocycles. The number of rotatable bonds is 9. The van der Waals surface area contributed by atoms with Crippen LogP contribution >= 0.6 is 11.3 Å². The monoisotopic (exact) mass is 501 g/mol. The Labute approximate surface area is 212 Å². The van der Waals surface area contributed by atoms with Crippen LogP contribution in [0.15, 0.2) is 90.3 Å². The molecular formula is C29H24FNO4S. The molecular weight excluding hydrogens is 477 g/mol. The van der Waals surface area contributed by atoms with E-state index in [1.54, 1.807) is 30.5 Å². The van der Waals surface area contributed by atoms with Gasteiger partial charge in [-0.15, -0.1) is 11.3 Å². The Morgan fingerprint density at radius 2 is 1.69 bits per heavy atom. The molecule has 0 saturated heterocycles. The molecule has 36 heavy (non-hydrogen) atoms. The highest BCUT2D eigenvalue weighted by atomic mass is 32.1. The van der Waals surface area contributed by atoms with Crippen LogP contribution < -0.4 is 10.1 Å². The highest BCUT2D eigenvalue weighted by Gasteiger charge is 2.22. The highest BCUT2D eigenvalue weighted by Crippen LogP contribution is 2.36. The lowest BCUT2D eigenvalue weighted by atomic mass is 10.0. The fourth-order valence-corrected chi connectivity index (χ4v) is 4.40. The first-order valence-corrected chi connectivity index (χ1v) is 12.2. The minimum atomic E-state index is -0.552. The Balaban J connectivity index is 1.43. The average Bonchev–Trinajstić information content (AvgIpc) is 3.31. The van der Waals surface area contributed by atoms with Crippen LogP contribution in [0.1, 0.15) is 28.4 Å². The Morgan fingerprint density at radius 1 is 0.972 bits per heavy atom. The Kier molecular flexibility index (Phi) is 8.26. The molecule has 0 atom stereocenters. The van der Waals surface area contributed by atoms with Crippen molar-refractivity contribution in [3.63, 3.8) is 0 Å². The Hall–Kier alpha value is -4.23. The van der Waals surface area contributed by atoms with Crippen LogP contribution in [-0.4, -0.2) is 18.5 Å². The van der Waals surface area contributed by atoms with Crippen molar-refractivity contribution < 1.29 is 23.5 Å². The number of hydrogen-bond acceptors (Lipinski definition) is 5. The van der Waals surface area contributed by atoms with Gasteiger partial charge in [0, 0.05) is 17.0 Å². The molecule has 4 rings (SSSR count). The summed E-state index contributed by atoms with van der Waals surface area (Å²) in [6.07, 6.45) is 3.07. The van der Waals surface area contributed by atoms with Crippen molar-refractivity contribution in [2.75, 3.05) is 11.9 Å². The topological polar surface area (TPSA) is 64.6 Å². The second-order valence-corrected chi connectivity index (χ2v) is 8.63. The van der Waals surface area contributed by atoms with Gasteiger partial charge in [-0.2, -0.15) is 0 Å². The molecule has 0 aliphatic carbocycles. The summed E-state index contributed by atoms with van der Waals surface area (Å²) in [7, 11) is 0. The lowest BCUT2D eigenvalue weighted by Gasteiger charge is -2.08. The Bertz CT molecular complexity index is 1350. The van der Waals surface area contributed by atoms with Gasteiger partial charge in [0.1, 0.15) is 28.7 Å². The van der Waals surface area contributed by atoms with Crippen LogP contribution in [0, 0.1) is 5.82 Å². The quantitative estimate of drug-likeness (QED) is 0.199. The van der Waals surface area contributed by atoms with Crippen molar-refractivity contribution in [3.05, 3.63) is 113 Å². The smallest absolute Gasteiger partial charge is 0.341 e. The van der Waals surface area contributed by atoms with Gasteiger partial charge in [0.05, 0.1) is 6.61 Å². The van der Waals surface area contributed by atoms with Crippen LogP contribution in [-0.2, 0) is 16.1 Å². The van der Waals surface area contributed by atoms with E-state index in [0.29, 0.717) is 22.7 Å². The molecule has 5 nitrogen and oxygen atoms in total. The zero-order valence-corrected chi connectivity index (χ0v) is 20.4. The average molecular weight is 502 g/mol. The molecule has 4 aromatic rings. The van der Waals surface area contributed by atoms with E-state index in [2.05, 4.69) is 5.32 Å². The first-order chi connectivity index (χ1) is 17.5. The van der Waals surface area contributed by atoms with Crippen molar-refractivity contribution in [3.8, 4) is 16.9 Å². The summed E-state index contributed by atoms with van der Waals surface area (Å²) in [5, 5.41) is 4.88. The molecule has 0 fully saturated rings. The number of benzene rings is 3. The predicted octanol–water partition coefficient (Wildman–Crippen LogP) is 6.96. The fourth-order valence-electron chi connectivity index (χ4n) is 3.44. The van der Waals surface area contributed by atoms with E-state index in [4.69, 9.17) is 9.47 Å². The number of nitrogens with one attached hydrogen (secondary N) is 1. The summed E-state index contributed by atoms with van der Waals surface area (Å²) in [5.41, 5.74) is 3.37. The number of hydrogen-bond donors (Lipinski definition) is 1. The number of carbonyl (C=O) groups excluding carboxylic acids is 2. The third-order valence-electron chi connectivity index (χ3n) is 5.22. The molecule has 182 valence electrons. The van der Waals surface area contributed by atoms with Gasteiger partial charge in [-0.05, 0) is 54.0 Å². The zero-order valence-electron chi connectivity index (χ0n) is 19.6. The van der Waals surface area contributed by atoms with Gasteiger partial charge in [-0.1, -0.05) is 54.6 Å². The third kappa shape index (κ3) is 6.46. The number of thiophene rings is 1. The number of anilines is 1. The normalized spacial score (nSPS) is 10.8. The molecule has 0 radical (unpaired) electrons. The van der Waals surface area contributed by atoms with E-state index < -0.39 is 11.9 Å². The molecule has 1 N–H and O–H groups in total. The van der Waals surface area contributed by atoms with E-state index in [1.807, 2.05) is 54.6 Å². The standard InChI is InChI=1S/C29H24FNO4S/c1-2-34-29(33)27-25(22-11-13-23(30)14-12-22)19-36-28(27)31-26(32)17-10-20-8-15-24(16-9-20)35-18-21-6-4-3-5-7-21/h3-17,19H,2,18H2,1H3,(H,31,32)/b17-10+. The molecule has 0 unspecified atom stereocenters. The summed E-state index contributed by atoms with van der Waals surface area (Å²) >= 11 is 1.21. The minimum Gasteiger partial charge on any atom is -0.489 e. The first kappa shape index (κ1) is 24.9. The maximum absolute atomic E-state index is 13.4. The molecule has 1 amide bonds. The molecule has 0 aliphatic rings. The maximum Gasteiger partial charge on any atom is 0.341 e. The second kappa shape index (κ2) is 12.0. The molecule has 7 heteroatoms. The van der Waals surface area contributed by atoms with Crippen LogP contribution in [0.5, 0.6) is 5.75 Å². The number of ether oxygens (including phenoxy) is 2. The van der Waals surface area contributed by atoms with E-state index in [0.717, 1.165) is 16.9 Å². The van der Waals surface area contributed by atoms with Crippen molar-refractivity contribution in [2.45, 2.75) is 13.5 Å². The van der Waals surface area contributed by atoms with Crippen molar-refractivity contribution in [1.82, 2.24) is 0 Å². The number of halogens is 1. The lowest BCUT2D eigenvalue weighted by Crippen LogP contribution is -2.12. The van der Waals surface area contributed by atoms with Gasteiger partial charge in [-0.3, -0.25) is 4.79 Å². The minimum absolute atomic E-state index is 0.190. The van der Waals surface area contributed by atoms with E-state index in [1.165, 1.54) is 29.5 Å². The van der Waals surface area contributed by atoms with E-state index in [-0.39, 0.29) is 18.0 Å². The summed E-state index contributed by atoms with van der Waals surface area (Å²) in [4.78, 5) is 25.3. The zero-order chi connectivity index (χ0) is 25.3. The number of esters is 1. The number of carbonyl (C=O) groups is 2. The third-order valence-corrected chi connectivity index (χ3v) is 6.11. The largest absolute Gasteiger partial charge is 0.489 e. The number of amides is 1. The SMILES string of the molecule is CCOC(=O)c1c(-c2ccc(F)cc2)csc1NC(=O)/C=C/c1ccc(OCc2ccccc2)cc1. The molecule has 0 aliphatic heterocycles. The summed E-state index contributed by atoms with van der Waals surface area (Å²) in [6, 6.07) is 23.1. The van der Waals surface area contributed by atoms with Crippen molar-refractivity contribution >= 4 is 34.3 Å². The molecule has 0 spiro atoms. The highest BCUT2D eigenvalue weighted by molar-refractivity contribution is 7.15. The molecule has 1 heterocycles. The maximum atomic E-state index is 13.4. The van der Waals surface area contributed by atoms with Crippen LogP contribution in [0.25, 0.3) is 17.2 Å². The van der Waals surface area contributed by atoms with Crippen molar-refractivity contribution in [2.24, 2.45) is 0 Å². The summed E-state index contributed by atoms with van der Waals surface area (Å²) in [5.74, 6) is -0.589. The van der Waals surface area contributed by atoms with Gasteiger partial charge in [-0.25, -0.2) is 9.18 Å². The van der Waals surface area contributed by atoms with Crippen LogP contribution in [0.2, 0.25) is 0 Å². The van der Waals surface area contributed by atoms with Gasteiger partial charge < -0.3 is 14.8 Å². The molecule has 1 aromatic heterocycles. The van der Waals surface area contributed by atoms with E-state index >= 15 is 0 Å². The van der Waals surface area contributed by atoms with E-state index in [9.17, 15) is 14.0 Å². The van der Waals surface area contributed by atoms with Crippen molar-refractivity contribution in [1.29, 1.82) is 0 Å². The van der Waals surface area contributed by atoms with Gasteiger partial charge in [0.25, 0.3) is 0 Å². The van der Waals surface area contributed by atoms with Gasteiger partial charge in [0.15, 0.2) is 0 Å². The predicted molar refractivity (Wildman–Crippen MR) is 141 cm³/mol. The first-order valence-electron chi connectivity index (χ1n) is 11.3. The fraction of sp³-hybridized carbons (Fsp3) is 0.103. The van der Waals surface area contributed by atoms with Gasteiger partial charge in [0.2, 0.25) is 5.91 Å². The van der Waals surface area contributed by atoms with Gasteiger partial charge >= 0.3 is 5.97 Å². The Morgan fingerprint density at radius 3 is 2.39 bits per heavy atom. The summed E-state index contributed by atoms with van der Waals surface area (Å²) < 4.78 is 24.3. The lowest BCUT2D eigenvalue weighted by molar-refractivity contribution is -0.111. The summed E-state index contributed by atoms with van der Waals surface area (Å²) in [6.45, 7) is 2.37. The van der Waals surface area contributed by atoms with Crippen LogP contribution in [0.3, 0.4) is 0 Å². The second-order valence-electron chi connectivity index (χ2n) is 7.75. The molecule has 3 aromatic carbocycles. The molecule has 0 bridgehead atoms. The van der Waals surface area contributed by atoms with Crippen LogP contribution in [0.4, 0.5) is 9.39 Å².